The van der Waals surface area contributed by atoms with E-state index in [4.69, 9.17) is 4.74 Å². The van der Waals surface area contributed by atoms with Crippen LogP contribution in [0, 0.1) is 0 Å². The number of hydrogen-bond donors (Lipinski definition) is 0. The monoisotopic (exact) mass is 231 g/mol. The van der Waals surface area contributed by atoms with Crippen molar-refractivity contribution in [1.82, 2.24) is 14.9 Å². The predicted molar refractivity (Wildman–Crippen MR) is 60.7 cm³/mol. The Balaban J connectivity index is 1.90. The molecule has 0 amide bonds. The minimum absolute atomic E-state index is 0.299. The highest BCUT2D eigenvalue weighted by atomic mass is 16.6. The molecule has 1 aromatic heterocycles. The van der Waals surface area contributed by atoms with E-state index < -0.39 is 0 Å². The minimum atomic E-state index is -0.302. The van der Waals surface area contributed by atoms with Crippen LogP contribution < -0.4 is 0 Å². The quantitative estimate of drug-likeness (QED) is 0.706. The van der Waals surface area contributed by atoms with Gasteiger partial charge in [-0.1, -0.05) is 0 Å². The van der Waals surface area contributed by atoms with Crippen LogP contribution in [0.1, 0.15) is 18.7 Å². The normalized spacial score (nSPS) is 24.8. The second-order valence-electron chi connectivity index (χ2n) is 4.20. The van der Waals surface area contributed by atoms with E-state index in [2.05, 4.69) is 14.9 Å². The number of ether oxygens (including phenoxy) is 1. The van der Waals surface area contributed by atoms with Gasteiger partial charge in [-0.2, -0.15) is 0 Å². The number of likely N-dealkylation sites (tertiary alicyclic amines) is 1. The lowest BCUT2D eigenvalue weighted by molar-refractivity contribution is -0.144. The zero-order chi connectivity index (χ0) is 11.7. The lowest BCUT2D eigenvalue weighted by Gasteiger charge is -2.23. The van der Waals surface area contributed by atoms with Crippen LogP contribution in [0.15, 0.2) is 24.5 Å². The molecule has 3 rings (SSSR count). The molecule has 2 aliphatic rings. The van der Waals surface area contributed by atoms with Crippen molar-refractivity contribution < 1.29 is 9.53 Å². The summed E-state index contributed by atoms with van der Waals surface area (Å²) in [5, 5.41) is 0. The standard InChI is InChI=1S/C12H13N3O2/c16-10-8-9(11-13-4-3-5-14-11)12(17-10)15-6-1-2-7-15/h3-5,8,12H,1-2,6-7H2. The van der Waals surface area contributed by atoms with Gasteiger partial charge in [-0.05, 0) is 18.9 Å². The third-order valence-corrected chi connectivity index (χ3v) is 3.06. The average molecular weight is 231 g/mol. The Morgan fingerprint density at radius 2 is 1.94 bits per heavy atom. The number of rotatable bonds is 2. The summed E-state index contributed by atoms with van der Waals surface area (Å²) in [5.41, 5.74) is 0.775. The number of esters is 1. The summed E-state index contributed by atoms with van der Waals surface area (Å²) >= 11 is 0. The largest absolute Gasteiger partial charge is 0.439 e. The maximum atomic E-state index is 11.4. The maximum Gasteiger partial charge on any atom is 0.333 e. The van der Waals surface area contributed by atoms with Crippen LogP contribution in [0.4, 0.5) is 0 Å². The molecule has 0 bridgehead atoms. The van der Waals surface area contributed by atoms with Crippen molar-refractivity contribution in [2.45, 2.75) is 19.1 Å². The second kappa shape index (κ2) is 4.25. The molecule has 1 unspecified atom stereocenters. The van der Waals surface area contributed by atoms with Gasteiger partial charge in [0.15, 0.2) is 12.1 Å². The number of nitrogens with zero attached hydrogens (tertiary/aromatic N) is 3. The van der Waals surface area contributed by atoms with E-state index in [-0.39, 0.29) is 12.2 Å². The molecule has 1 saturated heterocycles. The van der Waals surface area contributed by atoms with Crippen LogP contribution in [0.2, 0.25) is 0 Å². The highest BCUT2D eigenvalue weighted by molar-refractivity contribution is 5.95. The zero-order valence-corrected chi connectivity index (χ0v) is 9.37. The van der Waals surface area contributed by atoms with Gasteiger partial charge in [-0.15, -0.1) is 0 Å². The average Bonchev–Trinajstić information content (AvgIpc) is 2.98. The molecule has 5 nitrogen and oxygen atoms in total. The van der Waals surface area contributed by atoms with E-state index >= 15 is 0 Å². The lowest BCUT2D eigenvalue weighted by Crippen LogP contribution is -2.34. The molecule has 0 aliphatic carbocycles. The van der Waals surface area contributed by atoms with E-state index in [0.29, 0.717) is 5.82 Å². The van der Waals surface area contributed by atoms with Gasteiger partial charge in [0.1, 0.15) is 0 Å². The molecular weight excluding hydrogens is 218 g/mol. The first-order chi connectivity index (χ1) is 8.34. The van der Waals surface area contributed by atoms with Gasteiger partial charge in [0.25, 0.3) is 0 Å². The SMILES string of the molecule is O=C1C=C(c2ncccn2)C(N2CCCC2)O1. The Bertz CT molecular complexity index is 452. The van der Waals surface area contributed by atoms with E-state index in [0.717, 1.165) is 31.5 Å². The van der Waals surface area contributed by atoms with Crippen molar-refractivity contribution >= 4 is 11.5 Å². The van der Waals surface area contributed by atoms with Crippen LogP contribution in [-0.2, 0) is 9.53 Å². The number of carbonyl (C=O) groups excluding carboxylic acids is 1. The first kappa shape index (κ1) is 10.4. The van der Waals surface area contributed by atoms with Crippen LogP contribution in [0.25, 0.3) is 5.57 Å². The first-order valence-corrected chi connectivity index (χ1v) is 5.78. The van der Waals surface area contributed by atoms with Crippen LogP contribution in [0.3, 0.4) is 0 Å². The van der Waals surface area contributed by atoms with Crippen molar-refractivity contribution in [1.29, 1.82) is 0 Å². The fourth-order valence-electron chi connectivity index (χ4n) is 2.28. The van der Waals surface area contributed by atoms with E-state index in [1.807, 2.05) is 0 Å². The fourth-order valence-corrected chi connectivity index (χ4v) is 2.28. The molecule has 0 N–H and O–H groups in total. The molecule has 5 heteroatoms. The van der Waals surface area contributed by atoms with Crippen molar-refractivity contribution in [2.75, 3.05) is 13.1 Å². The first-order valence-electron chi connectivity index (χ1n) is 5.78. The van der Waals surface area contributed by atoms with E-state index in [1.54, 1.807) is 18.5 Å². The minimum Gasteiger partial charge on any atom is -0.439 e. The Hall–Kier alpha value is -1.75. The molecular formula is C12H13N3O2. The molecule has 0 spiro atoms. The second-order valence-corrected chi connectivity index (χ2v) is 4.20. The Labute approximate surface area is 99.1 Å². The topological polar surface area (TPSA) is 55.3 Å². The molecule has 0 aromatic carbocycles. The molecule has 88 valence electrons. The van der Waals surface area contributed by atoms with Crippen molar-refractivity contribution in [3.63, 3.8) is 0 Å². The molecule has 1 atom stereocenters. The van der Waals surface area contributed by atoms with Crippen LogP contribution in [-0.4, -0.2) is 40.2 Å². The summed E-state index contributed by atoms with van der Waals surface area (Å²) in [5.74, 6) is 0.277. The lowest BCUT2D eigenvalue weighted by atomic mass is 10.2. The van der Waals surface area contributed by atoms with Gasteiger partial charge >= 0.3 is 5.97 Å². The molecule has 3 heterocycles. The summed E-state index contributed by atoms with van der Waals surface area (Å²) in [6.45, 7) is 1.92. The number of hydrogen-bond acceptors (Lipinski definition) is 5. The smallest absolute Gasteiger partial charge is 0.333 e. The Morgan fingerprint density at radius 1 is 1.24 bits per heavy atom. The molecule has 1 fully saturated rings. The highest BCUT2D eigenvalue weighted by Gasteiger charge is 2.35. The van der Waals surface area contributed by atoms with E-state index in [9.17, 15) is 4.79 Å². The van der Waals surface area contributed by atoms with Gasteiger partial charge < -0.3 is 4.74 Å². The van der Waals surface area contributed by atoms with E-state index in [1.165, 1.54) is 6.08 Å². The van der Waals surface area contributed by atoms with Crippen LogP contribution >= 0.6 is 0 Å². The summed E-state index contributed by atoms with van der Waals surface area (Å²) in [7, 11) is 0. The Kier molecular flexibility index (Phi) is 2.60. The summed E-state index contributed by atoms with van der Waals surface area (Å²) in [6.07, 6.45) is 6.85. The van der Waals surface area contributed by atoms with Gasteiger partial charge in [0, 0.05) is 31.6 Å². The number of aromatic nitrogens is 2. The third kappa shape index (κ3) is 1.93. The van der Waals surface area contributed by atoms with Gasteiger partial charge in [0.2, 0.25) is 0 Å². The van der Waals surface area contributed by atoms with Crippen molar-refractivity contribution in [3.05, 3.63) is 30.4 Å². The maximum absolute atomic E-state index is 11.4. The summed E-state index contributed by atoms with van der Waals surface area (Å²) < 4.78 is 5.33. The summed E-state index contributed by atoms with van der Waals surface area (Å²) in [6, 6.07) is 1.76. The molecule has 1 aromatic rings. The molecule has 17 heavy (non-hydrogen) atoms. The Morgan fingerprint density at radius 3 is 2.65 bits per heavy atom. The van der Waals surface area contributed by atoms with Gasteiger partial charge in [0.05, 0.1) is 5.57 Å². The molecule has 2 aliphatic heterocycles. The molecule has 0 radical (unpaired) electrons. The van der Waals surface area contributed by atoms with Gasteiger partial charge in [-0.3, -0.25) is 4.90 Å². The number of cyclic esters (lactones) is 1. The van der Waals surface area contributed by atoms with Crippen molar-refractivity contribution in [2.24, 2.45) is 0 Å². The van der Waals surface area contributed by atoms with Gasteiger partial charge in [-0.25, -0.2) is 14.8 Å². The molecule has 0 saturated carbocycles. The van der Waals surface area contributed by atoms with Crippen LogP contribution in [0.5, 0.6) is 0 Å². The summed E-state index contributed by atoms with van der Waals surface area (Å²) in [4.78, 5) is 21.9. The van der Waals surface area contributed by atoms with Crippen molar-refractivity contribution in [3.8, 4) is 0 Å². The zero-order valence-electron chi connectivity index (χ0n) is 9.37. The fraction of sp³-hybridized carbons (Fsp3) is 0.417. The third-order valence-electron chi connectivity index (χ3n) is 3.06. The number of carbonyl (C=O) groups is 1. The highest BCUT2D eigenvalue weighted by Crippen LogP contribution is 2.28. The predicted octanol–water partition coefficient (Wildman–Crippen LogP) is 0.839.